The summed E-state index contributed by atoms with van der Waals surface area (Å²) < 4.78 is 18.9. The van der Waals surface area contributed by atoms with Gasteiger partial charge >= 0.3 is 6.03 Å². The predicted octanol–water partition coefficient (Wildman–Crippen LogP) is 3.80. The van der Waals surface area contributed by atoms with Gasteiger partial charge in [0.15, 0.2) is 0 Å². The number of furan rings is 1. The topological polar surface area (TPSA) is 54.3 Å². The van der Waals surface area contributed by atoms with E-state index in [1.807, 2.05) is 19.1 Å². The number of carbonyl (C=O) groups excluding carboxylic acids is 1. The second-order valence-electron chi connectivity index (χ2n) is 5.38. The molecule has 0 bridgehead atoms. The van der Waals surface area contributed by atoms with Crippen LogP contribution >= 0.6 is 0 Å². The van der Waals surface area contributed by atoms with E-state index in [1.54, 1.807) is 31.4 Å². The standard InChI is InChI=1S/C17H21FN2O2/c1-12(9-10-14-6-5-11-22-14)19-17(21)20-13(2)15-7-3-4-8-16(15)18/h3-8,11-13H,9-10H2,1-2H3,(H2,19,20,21)/t12-,13-/m0/s1. The van der Waals surface area contributed by atoms with Crippen LogP contribution < -0.4 is 10.6 Å². The molecule has 0 radical (unpaired) electrons. The Balaban J connectivity index is 1.78. The van der Waals surface area contributed by atoms with Crippen LogP contribution in [0.2, 0.25) is 0 Å². The fourth-order valence-electron chi connectivity index (χ4n) is 2.25. The smallest absolute Gasteiger partial charge is 0.315 e. The normalized spacial score (nSPS) is 13.4. The highest BCUT2D eigenvalue weighted by molar-refractivity contribution is 5.74. The van der Waals surface area contributed by atoms with Crippen LogP contribution in [0.4, 0.5) is 9.18 Å². The van der Waals surface area contributed by atoms with Gasteiger partial charge in [0.2, 0.25) is 0 Å². The van der Waals surface area contributed by atoms with Gasteiger partial charge in [0.1, 0.15) is 11.6 Å². The van der Waals surface area contributed by atoms with Crippen molar-refractivity contribution in [2.75, 3.05) is 0 Å². The molecule has 0 aliphatic heterocycles. The summed E-state index contributed by atoms with van der Waals surface area (Å²) in [6, 6.07) is 9.49. The summed E-state index contributed by atoms with van der Waals surface area (Å²) in [5.41, 5.74) is 0.473. The molecule has 22 heavy (non-hydrogen) atoms. The van der Waals surface area contributed by atoms with E-state index in [0.29, 0.717) is 5.56 Å². The van der Waals surface area contributed by atoms with E-state index >= 15 is 0 Å². The molecular weight excluding hydrogens is 283 g/mol. The Morgan fingerprint density at radius 3 is 2.64 bits per heavy atom. The first-order valence-electron chi connectivity index (χ1n) is 7.40. The second-order valence-corrected chi connectivity index (χ2v) is 5.38. The van der Waals surface area contributed by atoms with E-state index in [4.69, 9.17) is 4.42 Å². The van der Waals surface area contributed by atoms with Crippen molar-refractivity contribution in [3.8, 4) is 0 Å². The molecule has 0 saturated carbocycles. The number of halogens is 1. The maximum absolute atomic E-state index is 13.6. The molecule has 5 heteroatoms. The SMILES string of the molecule is C[C@H](NC(=O)N[C@@H](C)CCc1ccco1)c1ccccc1F. The Kier molecular flexibility index (Phi) is 5.58. The minimum atomic E-state index is -0.390. The average Bonchev–Trinajstić information content (AvgIpc) is 2.98. The monoisotopic (exact) mass is 304 g/mol. The summed E-state index contributed by atoms with van der Waals surface area (Å²) in [6.45, 7) is 3.68. The zero-order chi connectivity index (χ0) is 15.9. The average molecular weight is 304 g/mol. The number of hydrogen-bond donors (Lipinski definition) is 2. The van der Waals surface area contributed by atoms with Gasteiger partial charge in [-0.2, -0.15) is 0 Å². The first-order chi connectivity index (χ1) is 10.6. The van der Waals surface area contributed by atoms with E-state index < -0.39 is 6.04 Å². The number of aryl methyl sites for hydroxylation is 1. The highest BCUT2D eigenvalue weighted by atomic mass is 19.1. The van der Waals surface area contributed by atoms with Gasteiger partial charge < -0.3 is 15.1 Å². The highest BCUT2D eigenvalue weighted by Gasteiger charge is 2.14. The van der Waals surface area contributed by atoms with E-state index in [1.165, 1.54) is 6.07 Å². The molecule has 2 N–H and O–H groups in total. The van der Waals surface area contributed by atoms with Crippen LogP contribution in [0.25, 0.3) is 0 Å². The van der Waals surface area contributed by atoms with Crippen LogP contribution in [0.5, 0.6) is 0 Å². The number of nitrogens with one attached hydrogen (secondary N) is 2. The van der Waals surface area contributed by atoms with E-state index in [9.17, 15) is 9.18 Å². The van der Waals surface area contributed by atoms with Crippen LogP contribution in [0.1, 0.15) is 37.6 Å². The van der Waals surface area contributed by atoms with Crippen molar-refractivity contribution in [1.29, 1.82) is 0 Å². The van der Waals surface area contributed by atoms with Crippen molar-refractivity contribution in [2.24, 2.45) is 0 Å². The molecule has 118 valence electrons. The molecule has 0 fully saturated rings. The fraction of sp³-hybridized carbons (Fsp3) is 0.353. The molecule has 0 spiro atoms. The minimum absolute atomic E-state index is 0.00193. The number of amides is 2. The fourth-order valence-corrected chi connectivity index (χ4v) is 2.25. The Hall–Kier alpha value is -2.30. The van der Waals surface area contributed by atoms with Crippen molar-refractivity contribution in [1.82, 2.24) is 10.6 Å². The molecule has 0 saturated heterocycles. The van der Waals surface area contributed by atoms with Gasteiger partial charge in [0, 0.05) is 18.0 Å². The lowest BCUT2D eigenvalue weighted by Gasteiger charge is -2.18. The van der Waals surface area contributed by atoms with Crippen molar-refractivity contribution in [3.05, 3.63) is 59.8 Å². The molecule has 0 aliphatic rings. The number of rotatable bonds is 6. The lowest BCUT2D eigenvalue weighted by Crippen LogP contribution is -2.42. The van der Waals surface area contributed by atoms with Crippen molar-refractivity contribution in [2.45, 2.75) is 38.8 Å². The van der Waals surface area contributed by atoms with Gasteiger partial charge in [-0.05, 0) is 38.5 Å². The van der Waals surface area contributed by atoms with Crippen molar-refractivity contribution in [3.63, 3.8) is 0 Å². The van der Waals surface area contributed by atoms with Crippen LogP contribution in [0, 0.1) is 5.82 Å². The summed E-state index contributed by atoms with van der Waals surface area (Å²) in [5, 5.41) is 5.60. The maximum Gasteiger partial charge on any atom is 0.315 e. The molecular formula is C17H21FN2O2. The van der Waals surface area contributed by atoms with Gasteiger partial charge in [-0.3, -0.25) is 0 Å². The zero-order valence-corrected chi connectivity index (χ0v) is 12.8. The summed E-state index contributed by atoms with van der Waals surface area (Å²) in [6.07, 6.45) is 3.17. The Morgan fingerprint density at radius 1 is 1.18 bits per heavy atom. The van der Waals surface area contributed by atoms with Gasteiger partial charge in [-0.1, -0.05) is 18.2 Å². The third-order valence-corrected chi connectivity index (χ3v) is 3.50. The van der Waals surface area contributed by atoms with Crippen LogP contribution in [0.3, 0.4) is 0 Å². The molecule has 1 heterocycles. The predicted molar refractivity (Wildman–Crippen MR) is 83.0 cm³/mol. The van der Waals surface area contributed by atoms with Crippen molar-refractivity contribution >= 4 is 6.03 Å². The Bertz CT molecular complexity index is 598. The highest BCUT2D eigenvalue weighted by Crippen LogP contribution is 2.15. The first kappa shape index (κ1) is 16.1. The summed E-state index contributed by atoms with van der Waals surface area (Å²) in [5.74, 6) is 0.579. The summed E-state index contributed by atoms with van der Waals surface area (Å²) >= 11 is 0. The molecule has 1 aromatic heterocycles. The molecule has 2 aromatic rings. The molecule has 2 amide bonds. The second kappa shape index (κ2) is 7.64. The number of hydrogen-bond acceptors (Lipinski definition) is 2. The molecule has 2 atom stereocenters. The van der Waals surface area contributed by atoms with Crippen LogP contribution in [-0.2, 0) is 6.42 Å². The van der Waals surface area contributed by atoms with E-state index in [2.05, 4.69) is 10.6 Å². The van der Waals surface area contributed by atoms with Crippen LogP contribution in [0.15, 0.2) is 47.1 Å². The third kappa shape index (κ3) is 4.62. The maximum atomic E-state index is 13.6. The minimum Gasteiger partial charge on any atom is -0.469 e. The van der Waals surface area contributed by atoms with Gasteiger partial charge in [0.25, 0.3) is 0 Å². The zero-order valence-electron chi connectivity index (χ0n) is 12.8. The number of benzene rings is 1. The molecule has 1 aromatic carbocycles. The molecule has 0 aliphatic carbocycles. The molecule has 4 nitrogen and oxygen atoms in total. The largest absolute Gasteiger partial charge is 0.469 e. The molecule has 0 unspecified atom stereocenters. The molecule has 2 rings (SSSR count). The summed E-state index contributed by atoms with van der Waals surface area (Å²) in [7, 11) is 0. The van der Waals surface area contributed by atoms with E-state index in [-0.39, 0.29) is 17.9 Å². The number of carbonyl (C=O) groups is 1. The van der Waals surface area contributed by atoms with Crippen molar-refractivity contribution < 1.29 is 13.6 Å². The quantitative estimate of drug-likeness (QED) is 0.853. The third-order valence-electron chi connectivity index (χ3n) is 3.50. The Labute approximate surface area is 129 Å². The Morgan fingerprint density at radius 2 is 1.95 bits per heavy atom. The van der Waals surface area contributed by atoms with E-state index in [0.717, 1.165) is 18.6 Å². The summed E-state index contributed by atoms with van der Waals surface area (Å²) in [4.78, 5) is 11.9. The van der Waals surface area contributed by atoms with Crippen LogP contribution in [-0.4, -0.2) is 12.1 Å². The first-order valence-corrected chi connectivity index (χ1v) is 7.40. The lowest BCUT2D eigenvalue weighted by molar-refractivity contribution is 0.234. The lowest BCUT2D eigenvalue weighted by atomic mass is 10.1. The van der Waals surface area contributed by atoms with Gasteiger partial charge in [-0.25, -0.2) is 9.18 Å². The number of urea groups is 1. The van der Waals surface area contributed by atoms with Gasteiger partial charge in [0.05, 0.1) is 12.3 Å². The van der Waals surface area contributed by atoms with Gasteiger partial charge in [-0.15, -0.1) is 0 Å².